The zero-order valence-corrected chi connectivity index (χ0v) is 24.8. The van der Waals surface area contributed by atoms with Gasteiger partial charge in [-0.15, -0.1) is 0 Å². The highest BCUT2D eigenvalue weighted by Crippen LogP contribution is 2.35. The monoisotopic (exact) mass is 576 g/mol. The Morgan fingerprint density at radius 2 is 1.71 bits per heavy atom. The van der Waals surface area contributed by atoms with Gasteiger partial charge in [-0.25, -0.2) is 24.2 Å². The van der Waals surface area contributed by atoms with Gasteiger partial charge in [0.05, 0.1) is 29.8 Å². The Hall–Kier alpha value is -3.93. The Labute approximate surface area is 245 Å². The highest BCUT2D eigenvalue weighted by atomic mass is 16.6. The molecular formula is C30H40N8O4. The van der Waals surface area contributed by atoms with E-state index in [4.69, 9.17) is 24.5 Å². The fraction of sp³-hybridized carbons (Fsp3) is 0.567. The third kappa shape index (κ3) is 5.99. The number of urea groups is 1. The van der Waals surface area contributed by atoms with Crippen molar-refractivity contribution in [1.82, 2.24) is 30.0 Å². The van der Waals surface area contributed by atoms with Crippen LogP contribution in [0.5, 0.6) is 0 Å². The Morgan fingerprint density at radius 1 is 1.02 bits per heavy atom. The normalized spacial score (nSPS) is 21.0. The molecule has 3 aliphatic heterocycles. The molecule has 12 nitrogen and oxygen atoms in total. The fourth-order valence-electron chi connectivity index (χ4n) is 5.99. The van der Waals surface area contributed by atoms with Crippen LogP contribution >= 0.6 is 0 Å². The number of nitrogens with zero attached hydrogens (tertiary/aromatic N) is 6. The number of fused-ring (bicyclic) bond motifs is 3. The van der Waals surface area contributed by atoms with Crippen LogP contribution in [0.2, 0.25) is 0 Å². The molecule has 3 aromatic rings. The molecule has 2 unspecified atom stereocenters. The van der Waals surface area contributed by atoms with Crippen LogP contribution < -0.4 is 15.5 Å². The van der Waals surface area contributed by atoms with Crippen LogP contribution in [0, 0.1) is 0 Å². The third-order valence-electron chi connectivity index (χ3n) is 7.98. The minimum Gasteiger partial charge on any atom is -0.444 e. The molecule has 6 rings (SSSR count). The van der Waals surface area contributed by atoms with Gasteiger partial charge >= 0.3 is 12.1 Å². The first-order valence-electron chi connectivity index (χ1n) is 15.0. The first-order valence-corrected chi connectivity index (χ1v) is 15.0. The molecule has 3 saturated heterocycles. The summed E-state index contributed by atoms with van der Waals surface area (Å²) in [4.78, 5) is 38.8. The zero-order chi connectivity index (χ0) is 29.4. The average Bonchev–Trinajstić information content (AvgIpc) is 3.54. The Morgan fingerprint density at radius 3 is 2.36 bits per heavy atom. The summed E-state index contributed by atoms with van der Waals surface area (Å²) in [7, 11) is 0. The average molecular weight is 577 g/mol. The van der Waals surface area contributed by atoms with E-state index < -0.39 is 5.60 Å². The number of carbonyl (C=O) groups is 2. The molecule has 2 N–H and O–H groups in total. The molecule has 12 heteroatoms. The number of morpholine rings is 1. The number of hydrogen-bond acceptors (Lipinski definition) is 8. The quantitative estimate of drug-likeness (QED) is 0.452. The predicted octanol–water partition coefficient (Wildman–Crippen LogP) is 4.57. The minimum absolute atomic E-state index is 0.0984. The molecular weight excluding hydrogens is 536 g/mol. The van der Waals surface area contributed by atoms with Crippen molar-refractivity contribution in [2.75, 3.05) is 42.9 Å². The molecule has 224 valence electrons. The second kappa shape index (κ2) is 11.4. The maximum absolute atomic E-state index is 12.6. The molecule has 5 heterocycles. The molecule has 0 saturated carbocycles. The molecule has 3 amide bonds. The molecule has 0 spiro atoms. The fourth-order valence-corrected chi connectivity index (χ4v) is 5.99. The summed E-state index contributed by atoms with van der Waals surface area (Å²) in [6.45, 7) is 10.9. The van der Waals surface area contributed by atoms with Crippen molar-refractivity contribution in [1.29, 1.82) is 0 Å². The third-order valence-corrected chi connectivity index (χ3v) is 7.98. The van der Waals surface area contributed by atoms with Crippen molar-refractivity contribution in [2.45, 2.75) is 77.2 Å². The van der Waals surface area contributed by atoms with Crippen molar-refractivity contribution >= 4 is 34.7 Å². The van der Waals surface area contributed by atoms with Gasteiger partial charge in [0.1, 0.15) is 11.4 Å². The van der Waals surface area contributed by atoms with Crippen molar-refractivity contribution in [3.63, 3.8) is 0 Å². The van der Waals surface area contributed by atoms with E-state index in [-0.39, 0.29) is 30.4 Å². The Balaban J connectivity index is 1.30. The number of ether oxygens (including phenoxy) is 2. The number of nitrogens with one attached hydrogen (secondary N) is 2. The smallest absolute Gasteiger partial charge is 0.410 e. The first-order chi connectivity index (χ1) is 20.2. The van der Waals surface area contributed by atoms with Gasteiger partial charge in [0.2, 0.25) is 0 Å². The van der Waals surface area contributed by atoms with Gasteiger partial charge in [-0.3, -0.25) is 0 Å². The van der Waals surface area contributed by atoms with E-state index in [2.05, 4.69) is 15.5 Å². The van der Waals surface area contributed by atoms with E-state index in [9.17, 15) is 9.59 Å². The van der Waals surface area contributed by atoms with E-state index in [1.54, 1.807) is 4.90 Å². The summed E-state index contributed by atoms with van der Waals surface area (Å²) >= 11 is 0. The van der Waals surface area contributed by atoms with Crippen LogP contribution in [-0.4, -0.2) is 87.3 Å². The second-order valence-electron chi connectivity index (χ2n) is 12.3. The topological polar surface area (TPSA) is 127 Å². The van der Waals surface area contributed by atoms with Crippen LogP contribution in [0.15, 0.2) is 30.5 Å². The number of benzene rings is 1. The van der Waals surface area contributed by atoms with Gasteiger partial charge < -0.3 is 29.9 Å². The highest BCUT2D eigenvalue weighted by molar-refractivity contribution is 5.90. The number of carbonyl (C=O) groups excluding carboxylic acids is 2. The Bertz CT molecular complexity index is 1430. The number of likely N-dealkylation sites (tertiary alicyclic amines) is 1. The summed E-state index contributed by atoms with van der Waals surface area (Å²) in [6.07, 6.45) is 5.68. The summed E-state index contributed by atoms with van der Waals surface area (Å²) in [5, 5.41) is 11.3. The summed E-state index contributed by atoms with van der Waals surface area (Å²) in [5.74, 6) is 1.48. The van der Waals surface area contributed by atoms with E-state index in [0.717, 1.165) is 61.2 Å². The predicted molar refractivity (Wildman–Crippen MR) is 160 cm³/mol. The van der Waals surface area contributed by atoms with Crippen LogP contribution in [0.1, 0.15) is 59.4 Å². The number of anilines is 2. The van der Waals surface area contributed by atoms with Crippen LogP contribution in [0.4, 0.5) is 21.1 Å². The maximum Gasteiger partial charge on any atom is 0.410 e. The van der Waals surface area contributed by atoms with Crippen molar-refractivity contribution in [3.8, 4) is 11.4 Å². The molecule has 2 aromatic heterocycles. The zero-order valence-electron chi connectivity index (χ0n) is 24.8. The van der Waals surface area contributed by atoms with Gasteiger partial charge in [-0.05, 0) is 77.6 Å². The number of rotatable bonds is 5. The van der Waals surface area contributed by atoms with E-state index in [1.807, 2.05) is 62.8 Å². The standard InChI is InChI=1S/C30H40N8O4/c1-5-31-28(39)33-20-8-6-19(7-9-20)25-34-26(37-17-22-10-11-23(18-37)41-22)24-16-32-38(27(24)35-25)21-12-14-36(15-13-21)29(40)42-30(2,3)4/h6-9,16,21-23H,5,10-15,17-18H2,1-4H3,(H2,31,33,39). The maximum atomic E-state index is 12.6. The number of hydrogen-bond donors (Lipinski definition) is 2. The molecule has 3 aliphatic rings. The molecule has 2 bridgehead atoms. The van der Waals surface area contributed by atoms with Crippen molar-refractivity contribution < 1.29 is 19.1 Å². The summed E-state index contributed by atoms with van der Waals surface area (Å²) in [5.41, 5.74) is 1.81. The van der Waals surface area contributed by atoms with Gasteiger partial charge in [-0.1, -0.05) is 0 Å². The molecule has 42 heavy (non-hydrogen) atoms. The van der Waals surface area contributed by atoms with Crippen molar-refractivity contribution in [3.05, 3.63) is 30.5 Å². The van der Waals surface area contributed by atoms with E-state index in [0.29, 0.717) is 31.1 Å². The van der Waals surface area contributed by atoms with Crippen LogP contribution in [0.25, 0.3) is 22.4 Å². The number of aromatic nitrogens is 4. The van der Waals surface area contributed by atoms with Crippen LogP contribution in [0.3, 0.4) is 0 Å². The van der Waals surface area contributed by atoms with Crippen LogP contribution in [-0.2, 0) is 9.47 Å². The SMILES string of the molecule is CCNC(=O)Nc1ccc(-c2nc(N3CC4CCC(C3)O4)c3cnn(C4CCN(C(=O)OC(C)(C)C)CC4)c3n2)cc1. The molecule has 0 radical (unpaired) electrons. The molecule has 1 aromatic carbocycles. The lowest BCUT2D eigenvalue weighted by atomic mass is 10.1. The van der Waals surface area contributed by atoms with Crippen molar-refractivity contribution in [2.24, 2.45) is 0 Å². The lowest BCUT2D eigenvalue weighted by Gasteiger charge is -2.34. The number of amides is 3. The second-order valence-corrected chi connectivity index (χ2v) is 12.3. The lowest BCUT2D eigenvalue weighted by molar-refractivity contribution is 0.0186. The minimum atomic E-state index is -0.523. The van der Waals surface area contributed by atoms with E-state index >= 15 is 0 Å². The van der Waals surface area contributed by atoms with Gasteiger partial charge in [0.15, 0.2) is 11.5 Å². The van der Waals surface area contributed by atoms with E-state index in [1.165, 1.54) is 0 Å². The summed E-state index contributed by atoms with van der Waals surface area (Å²) in [6, 6.07) is 7.42. The number of piperidine rings is 1. The first kappa shape index (κ1) is 28.2. The van der Waals surface area contributed by atoms with Gasteiger partial charge in [0.25, 0.3) is 0 Å². The van der Waals surface area contributed by atoms with Gasteiger partial charge in [0, 0.05) is 44.0 Å². The molecule has 2 atom stereocenters. The largest absolute Gasteiger partial charge is 0.444 e. The molecule has 3 fully saturated rings. The Kier molecular flexibility index (Phi) is 7.65. The summed E-state index contributed by atoms with van der Waals surface area (Å²) < 4.78 is 13.7. The molecule has 0 aliphatic carbocycles. The lowest BCUT2D eigenvalue weighted by Crippen LogP contribution is -2.43. The highest BCUT2D eigenvalue weighted by Gasteiger charge is 2.36. The van der Waals surface area contributed by atoms with Gasteiger partial charge in [-0.2, -0.15) is 5.10 Å².